The molecule has 0 spiro atoms. The minimum atomic E-state index is -0.663. The number of carbonyl (C=O) groups is 2. The summed E-state index contributed by atoms with van der Waals surface area (Å²) in [5.41, 5.74) is 1.22. The Morgan fingerprint density at radius 1 is 1.19 bits per heavy atom. The van der Waals surface area contributed by atoms with Gasteiger partial charge in [0.2, 0.25) is 5.76 Å². The summed E-state index contributed by atoms with van der Waals surface area (Å²) in [6.45, 7) is 7.10. The molecule has 0 N–H and O–H groups in total. The lowest BCUT2D eigenvalue weighted by Gasteiger charge is -2.35. The molecular formula is C20H25NO6. The molecule has 2 aromatic rings. The predicted octanol–water partition coefficient (Wildman–Crippen LogP) is 2.76. The van der Waals surface area contributed by atoms with E-state index in [1.54, 1.807) is 11.0 Å². The number of carbonyl (C=O) groups excluding carboxylic acids is 2. The van der Waals surface area contributed by atoms with Gasteiger partial charge in [-0.1, -0.05) is 18.2 Å². The second-order valence-corrected chi connectivity index (χ2v) is 6.68. The Labute approximate surface area is 158 Å². The molecule has 1 aromatic heterocycles. The molecule has 7 heteroatoms. The maximum atomic E-state index is 12.5. The number of esters is 1. The summed E-state index contributed by atoms with van der Waals surface area (Å²) in [6.07, 6.45) is -0.0804. The first kappa shape index (κ1) is 19.4. The van der Waals surface area contributed by atoms with Crippen LogP contribution in [0.25, 0.3) is 11.0 Å². The summed E-state index contributed by atoms with van der Waals surface area (Å²) in [7, 11) is 0. The fourth-order valence-corrected chi connectivity index (χ4v) is 3.28. The highest BCUT2D eigenvalue weighted by Crippen LogP contribution is 2.27. The molecule has 0 radical (unpaired) electrons. The quantitative estimate of drug-likeness (QED) is 0.723. The van der Waals surface area contributed by atoms with E-state index in [0.29, 0.717) is 30.8 Å². The van der Waals surface area contributed by atoms with Crippen LogP contribution in [0, 0.1) is 0 Å². The van der Waals surface area contributed by atoms with Gasteiger partial charge in [0.25, 0.3) is 5.91 Å². The summed E-state index contributed by atoms with van der Waals surface area (Å²) < 4.78 is 22.0. The summed E-state index contributed by atoms with van der Waals surface area (Å²) in [6, 6.07) is 7.34. The van der Waals surface area contributed by atoms with Gasteiger partial charge in [0.1, 0.15) is 5.58 Å². The fourth-order valence-electron chi connectivity index (χ4n) is 3.28. The molecule has 1 saturated heterocycles. The first-order valence-electron chi connectivity index (χ1n) is 9.18. The number of para-hydroxylation sites is 1. The van der Waals surface area contributed by atoms with Crippen molar-refractivity contribution in [1.82, 2.24) is 4.90 Å². The van der Waals surface area contributed by atoms with Gasteiger partial charge in [-0.2, -0.15) is 0 Å². The highest BCUT2D eigenvalue weighted by molar-refractivity contribution is 5.96. The van der Waals surface area contributed by atoms with E-state index in [4.69, 9.17) is 18.6 Å². The maximum absolute atomic E-state index is 12.5. The molecule has 146 valence electrons. The molecule has 3 rings (SSSR count). The number of fused-ring (bicyclic) bond motifs is 1. The van der Waals surface area contributed by atoms with Crippen LogP contribution in [-0.4, -0.2) is 55.3 Å². The highest BCUT2D eigenvalue weighted by Gasteiger charge is 2.28. The van der Waals surface area contributed by atoms with E-state index in [2.05, 4.69) is 0 Å². The third-order valence-corrected chi connectivity index (χ3v) is 4.43. The van der Waals surface area contributed by atoms with E-state index in [9.17, 15) is 9.59 Å². The van der Waals surface area contributed by atoms with Gasteiger partial charge in [0.05, 0.1) is 18.8 Å². The minimum absolute atomic E-state index is 0.0402. The first-order chi connectivity index (χ1) is 13.0. The largest absolute Gasteiger partial charge is 0.450 e. The number of hydrogen-bond donors (Lipinski definition) is 0. The zero-order valence-corrected chi connectivity index (χ0v) is 15.9. The Hall–Kier alpha value is -2.38. The Morgan fingerprint density at radius 3 is 2.59 bits per heavy atom. The number of amides is 1. The van der Waals surface area contributed by atoms with Crippen LogP contribution in [0.3, 0.4) is 0 Å². The van der Waals surface area contributed by atoms with Crippen molar-refractivity contribution in [3.8, 4) is 0 Å². The third kappa shape index (κ3) is 4.48. The van der Waals surface area contributed by atoms with Gasteiger partial charge < -0.3 is 23.5 Å². The molecule has 2 heterocycles. The van der Waals surface area contributed by atoms with Gasteiger partial charge in [-0.15, -0.1) is 0 Å². The van der Waals surface area contributed by atoms with Gasteiger partial charge in [-0.25, -0.2) is 4.79 Å². The second-order valence-electron chi connectivity index (χ2n) is 6.68. The first-order valence-corrected chi connectivity index (χ1v) is 9.18. The minimum Gasteiger partial charge on any atom is -0.450 e. The van der Waals surface area contributed by atoms with Crippen LogP contribution in [0.2, 0.25) is 0 Å². The lowest BCUT2D eigenvalue weighted by molar-refractivity contribution is -0.146. The zero-order chi connectivity index (χ0) is 19.4. The van der Waals surface area contributed by atoms with Gasteiger partial charge >= 0.3 is 5.97 Å². The van der Waals surface area contributed by atoms with E-state index in [1.807, 2.05) is 39.0 Å². The Balaban J connectivity index is 1.69. The van der Waals surface area contributed by atoms with Crippen molar-refractivity contribution in [3.63, 3.8) is 0 Å². The van der Waals surface area contributed by atoms with Crippen LogP contribution in [0.1, 0.15) is 36.9 Å². The lowest BCUT2D eigenvalue weighted by Crippen LogP contribution is -2.49. The number of benzene rings is 1. The van der Waals surface area contributed by atoms with Crippen LogP contribution >= 0.6 is 0 Å². The van der Waals surface area contributed by atoms with Crippen molar-refractivity contribution in [2.75, 3.05) is 26.3 Å². The average Bonchev–Trinajstić information content (AvgIpc) is 3.02. The highest BCUT2D eigenvalue weighted by atomic mass is 16.5. The molecule has 0 bridgehead atoms. The van der Waals surface area contributed by atoms with Gasteiger partial charge in [0.15, 0.2) is 6.61 Å². The molecule has 2 atom stereocenters. The molecule has 1 fully saturated rings. The standard InChI is InChI=1S/C20H25NO6/c1-4-24-11-16-15-7-5-6-8-17(15)27-19(16)20(23)25-12-18(22)21-9-13(2)26-14(3)10-21/h5-8,13-14H,4,9-12H2,1-3H3/t13-,14-/m0/s1. The molecule has 1 aliphatic rings. The Kier molecular flexibility index (Phi) is 6.13. The van der Waals surface area contributed by atoms with Crippen LogP contribution in [-0.2, 0) is 25.6 Å². The van der Waals surface area contributed by atoms with Crippen molar-refractivity contribution >= 4 is 22.8 Å². The monoisotopic (exact) mass is 375 g/mol. The van der Waals surface area contributed by atoms with Crippen molar-refractivity contribution < 1.29 is 28.2 Å². The SMILES string of the molecule is CCOCc1c(C(=O)OCC(=O)N2C[C@H](C)O[C@@H](C)C2)oc2ccccc12. The van der Waals surface area contributed by atoms with Crippen molar-refractivity contribution in [3.05, 3.63) is 35.6 Å². The summed E-state index contributed by atoms with van der Waals surface area (Å²) in [4.78, 5) is 26.6. The van der Waals surface area contributed by atoms with E-state index in [-0.39, 0.29) is 37.1 Å². The van der Waals surface area contributed by atoms with Crippen LogP contribution in [0.15, 0.2) is 28.7 Å². The number of morpholine rings is 1. The molecule has 1 amide bonds. The van der Waals surface area contributed by atoms with E-state index in [1.165, 1.54) is 0 Å². The number of hydrogen-bond acceptors (Lipinski definition) is 6. The van der Waals surface area contributed by atoms with Crippen LogP contribution in [0.5, 0.6) is 0 Å². The van der Waals surface area contributed by atoms with E-state index < -0.39 is 5.97 Å². The summed E-state index contributed by atoms with van der Waals surface area (Å²) in [5, 5.41) is 0.806. The van der Waals surface area contributed by atoms with E-state index in [0.717, 1.165) is 5.39 Å². The Bertz CT molecular complexity index is 804. The summed E-state index contributed by atoms with van der Waals surface area (Å²) >= 11 is 0. The van der Waals surface area contributed by atoms with Crippen molar-refractivity contribution in [2.24, 2.45) is 0 Å². The molecular weight excluding hydrogens is 350 g/mol. The Morgan fingerprint density at radius 2 is 1.89 bits per heavy atom. The van der Waals surface area contributed by atoms with Gasteiger partial charge in [0, 0.05) is 30.6 Å². The molecule has 27 heavy (non-hydrogen) atoms. The maximum Gasteiger partial charge on any atom is 0.375 e. The average molecular weight is 375 g/mol. The number of ether oxygens (including phenoxy) is 3. The molecule has 0 aliphatic carbocycles. The van der Waals surface area contributed by atoms with Crippen LogP contribution in [0.4, 0.5) is 0 Å². The number of furan rings is 1. The van der Waals surface area contributed by atoms with Gasteiger partial charge in [-0.3, -0.25) is 4.79 Å². The molecule has 1 aliphatic heterocycles. The van der Waals surface area contributed by atoms with Crippen molar-refractivity contribution in [1.29, 1.82) is 0 Å². The predicted molar refractivity (Wildman–Crippen MR) is 98.4 cm³/mol. The number of nitrogens with zero attached hydrogens (tertiary/aromatic N) is 1. The third-order valence-electron chi connectivity index (χ3n) is 4.43. The second kappa shape index (κ2) is 8.54. The molecule has 0 saturated carbocycles. The van der Waals surface area contributed by atoms with E-state index >= 15 is 0 Å². The topological polar surface area (TPSA) is 78.2 Å². The fraction of sp³-hybridized carbons (Fsp3) is 0.500. The normalized spacial score (nSPS) is 20.0. The lowest BCUT2D eigenvalue weighted by atomic mass is 10.1. The van der Waals surface area contributed by atoms with Gasteiger partial charge in [-0.05, 0) is 26.8 Å². The zero-order valence-electron chi connectivity index (χ0n) is 15.9. The van der Waals surface area contributed by atoms with Crippen LogP contribution < -0.4 is 0 Å². The smallest absolute Gasteiger partial charge is 0.375 e. The molecule has 0 unspecified atom stereocenters. The summed E-state index contributed by atoms with van der Waals surface area (Å²) in [5.74, 6) is -0.822. The molecule has 1 aromatic carbocycles. The molecule has 7 nitrogen and oxygen atoms in total. The number of rotatable bonds is 6. The van der Waals surface area contributed by atoms with Crippen molar-refractivity contribution in [2.45, 2.75) is 39.6 Å².